The molecule has 0 radical (unpaired) electrons. The van der Waals surface area contributed by atoms with E-state index in [9.17, 15) is 9.59 Å². The van der Waals surface area contributed by atoms with Gasteiger partial charge in [-0.05, 0) is 12.5 Å². The second-order valence-corrected chi connectivity index (χ2v) is 3.99. The van der Waals surface area contributed by atoms with Gasteiger partial charge in [0, 0.05) is 24.5 Å². The van der Waals surface area contributed by atoms with Crippen molar-refractivity contribution >= 4 is 11.5 Å². The average Bonchev–Trinajstić information content (AvgIpc) is 2.90. The molecule has 0 N–H and O–H groups in total. The molecule has 0 saturated carbocycles. The summed E-state index contributed by atoms with van der Waals surface area (Å²) in [5.41, 5.74) is 0.923. The molecule has 0 spiro atoms. The fourth-order valence-corrected chi connectivity index (χ4v) is 1.82. The number of nitrogens with zero attached hydrogens (tertiary/aromatic N) is 3. The number of fused-ring (bicyclic) bond motifs is 1. The maximum Gasteiger partial charge on any atom is 0.333 e. The number of methoxy groups -OCH3 is 1. The Morgan fingerprint density at radius 1 is 1.47 bits per heavy atom. The Balaban J connectivity index is 2.31. The van der Waals surface area contributed by atoms with Gasteiger partial charge >= 0.3 is 5.97 Å². The maximum absolute atomic E-state index is 12.1. The number of hydrogen-bond acceptors (Lipinski definition) is 4. The quantitative estimate of drug-likeness (QED) is 0.608. The lowest BCUT2D eigenvalue weighted by molar-refractivity contribution is -0.136. The third kappa shape index (κ3) is 2.57. The summed E-state index contributed by atoms with van der Waals surface area (Å²) in [6.45, 7) is 2.20. The molecule has 2 aromatic heterocycles. The van der Waals surface area contributed by atoms with E-state index >= 15 is 0 Å². The molecule has 6 heteroatoms. The van der Waals surface area contributed by atoms with Crippen LogP contribution in [0.4, 0.5) is 0 Å². The molecule has 2 aromatic rings. The van der Waals surface area contributed by atoms with Gasteiger partial charge < -0.3 is 9.30 Å². The molecule has 6 nitrogen and oxygen atoms in total. The Labute approximate surface area is 109 Å². The van der Waals surface area contributed by atoms with Crippen molar-refractivity contribution in [2.24, 2.45) is 0 Å². The number of rotatable bonds is 4. The first-order chi connectivity index (χ1) is 9.17. The highest BCUT2D eigenvalue weighted by molar-refractivity contribution is 5.88. The second-order valence-electron chi connectivity index (χ2n) is 3.99. The molecule has 100 valence electrons. The van der Waals surface area contributed by atoms with Gasteiger partial charge in [0.25, 0.3) is 5.56 Å². The maximum atomic E-state index is 12.1. The SMILES string of the molecule is CC/C(=C/Cn1ccn2nccc2c1=O)C(=O)OC. The predicted molar refractivity (Wildman–Crippen MR) is 69.8 cm³/mol. The summed E-state index contributed by atoms with van der Waals surface area (Å²) in [6.07, 6.45) is 7.19. The molecular formula is C13H15N3O3. The monoisotopic (exact) mass is 261 g/mol. The summed E-state index contributed by atoms with van der Waals surface area (Å²) in [4.78, 5) is 23.5. The van der Waals surface area contributed by atoms with Crippen molar-refractivity contribution in [1.29, 1.82) is 0 Å². The molecule has 0 aliphatic rings. The van der Waals surface area contributed by atoms with Crippen LogP contribution in [-0.4, -0.2) is 27.3 Å². The van der Waals surface area contributed by atoms with Crippen molar-refractivity contribution in [1.82, 2.24) is 14.2 Å². The summed E-state index contributed by atoms with van der Waals surface area (Å²) in [5, 5.41) is 3.99. The number of ether oxygens (including phenoxy) is 1. The number of carbonyl (C=O) groups excluding carboxylic acids is 1. The summed E-state index contributed by atoms with van der Waals surface area (Å²) in [7, 11) is 1.34. The van der Waals surface area contributed by atoms with E-state index in [1.807, 2.05) is 6.92 Å². The van der Waals surface area contributed by atoms with Crippen LogP contribution in [0.1, 0.15) is 13.3 Å². The van der Waals surface area contributed by atoms with Crippen LogP contribution in [0.25, 0.3) is 5.52 Å². The highest BCUT2D eigenvalue weighted by Gasteiger charge is 2.07. The van der Waals surface area contributed by atoms with Crippen LogP contribution in [0, 0.1) is 0 Å². The lowest BCUT2D eigenvalue weighted by Gasteiger charge is -2.05. The summed E-state index contributed by atoms with van der Waals surface area (Å²) < 4.78 is 7.71. The van der Waals surface area contributed by atoms with Crippen molar-refractivity contribution in [3.05, 3.63) is 46.7 Å². The molecule has 0 aliphatic carbocycles. The first-order valence-electron chi connectivity index (χ1n) is 5.97. The molecule has 0 fully saturated rings. The number of aromatic nitrogens is 3. The Morgan fingerprint density at radius 2 is 2.26 bits per heavy atom. The number of hydrogen-bond donors (Lipinski definition) is 0. The molecule has 0 amide bonds. The van der Waals surface area contributed by atoms with E-state index in [4.69, 9.17) is 0 Å². The van der Waals surface area contributed by atoms with Crippen LogP contribution in [0.5, 0.6) is 0 Å². The Morgan fingerprint density at radius 3 is 2.95 bits per heavy atom. The number of allylic oxidation sites excluding steroid dienone is 1. The van der Waals surface area contributed by atoms with Crippen molar-refractivity contribution in [3.8, 4) is 0 Å². The van der Waals surface area contributed by atoms with Crippen molar-refractivity contribution in [3.63, 3.8) is 0 Å². The largest absolute Gasteiger partial charge is 0.466 e. The van der Waals surface area contributed by atoms with E-state index in [0.29, 0.717) is 24.1 Å². The summed E-state index contributed by atoms with van der Waals surface area (Å²) >= 11 is 0. The lowest BCUT2D eigenvalue weighted by atomic mass is 10.2. The zero-order chi connectivity index (χ0) is 13.8. The molecule has 0 unspecified atom stereocenters. The Hall–Kier alpha value is -2.37. The van der Waals surface area contributed by atoms with Gasteiger partial charge in [-0.15, -0.1) is 0 Å². The fraction of sp³-hybridized carbons (Fsp3) is 0.308. The third-order valence-electron chi connectivity index (χ3n) is 2.90. The van der Waals surface area contributed by atoms with Crippen LogP contribution >= 0.6 is 0 Å². The number of esters is 1. The predicted octanol–water partition coefficient (Wildman–Crippen LogP) is 1.01. The lowest BCUT2D eigenvalue weighted by Crippen LogP contribution is -2.21. The molecule has 0 bridgehead atoms. The van der Waals surface area contributed by atoms with Gasteiger partial charge in [0.1, 0.15) is 5.52 Å². The topological polar surface area (TPSA) is 65.6 Å². The average molecular weight is 261 g/mol. The van der Waals surface area contributed by atoms with Gasteiger partial charge in [-0.25, -0.2) is 9.31 Å². The first-order valence-corrected chi connectivity index (χ1v) is 5.97. The van der Waals surface area contributed by atoms with Gasteiger partial charge in [0.15, 0.2) is 0 Å². The highest BCUT2D eigenvalue weighted by Crippen LogP contribution is 2.04. The van der Waals surface area contributed by atoms with Crippen LogP contribution in [0.2, 0.25) is 0 Å². The van der Waals surface area contributed by atoms with Gasteiger partial charge in [0.2, 0.25) is 0 Å². The van der Waals surface area contributed by atoms with Crippen LogP contribution < -0.4 is 5.56 Å². The molecule has 0 atom stereocenters. The van der Waals surface area contributed by atoms with Crippen molar-refractivity contribution in [2.75, 3.05) is 7.11 Å². The molecule has 19 heavy (non-hydrogen) atoms. The second kappa shape index (κ2) is 5.51. The summed E-state index contributed by atoms with van der Waals surface area (Å²) in [6, 6.07) is 1.66. The zero-order valence-corrected chi connectivity index (χ0v) is 10.9. The molecular weight excluding hydrogens is 246 g/mol. The number of carbonyl (C=O) groups is 1. The van der Waals surface area contributed by atoms with E-state index in [-0.39, 0.29) is 11.5 Å². The van der Waals surface area contributed by atoms with Crippen molar-refractivity contribution < 1.29 is 9.53 Å². The smallest absolute Gasteiger partial charge is 0.333 e. The molecule has 0 aromatic carbocycles. The standard InChI is InChI=1S/C13H15N3O3/c1-3-10(13(18)19-2)5-7-15-8-9-16-11(12(15)17)4-6-14-16/h4-6,8-9H,3,7H2,1-2H3/b10-5-. The van der Waals surface area contributed by atoms with Gasteiger partial charge in [-0.2, -0.15) is 5.10 Å². The van der Waals surface area contributed by atoms with Crippen LogP contribution in [0.15, 0.2) is 41.1 Å². The highest BCUT2D eigenvalue weighted by atomic mass is 16.5. The van der Waals surface area contributed by atoms with Gasteiger partial charge in [-0.3, -0.25) is 4.79 Å². The van der Waals surface area contributed by atoms with E-state index in [1.165, 1.54) is 16.2 Å². The fourth-order valence-electron chi connectivity index (χ4n) is 1.82. The molecule has 2 heterocycles. The van der Waals surface area contributed by atoms with E-state index in [1.54, 1.807) is 30.7 Å². The van der Waals surface area contributed by atoms with Gasteiger partial charge in [-0.1, -0.05) is 13.0 Å². The van der Waals surface area contributed by atoms with Gasteiger partial charge in [0.05, 0.1) is 13.3 Å². The van der Waals surface area contributed by atoms with E-state index < -0.39 is 0 Å². The minimum atomic E-state index is -0.360. The Bertz CT molecular complexity index is 682. The minimum absolute atomic E-state index is 0.142. The molecule has 0 saturated heterocycles. The third-order valence-corrected chi connectivity index (χ3v) is 2.90. The van der Waals surface area contributed by atoms with Crippen LogP contribution in [0.3, 0.4) is 0 Å². The van der Waals surface area contributed by atoms with Crippen LogP contribution in [-0.2, 0) is 16.1 Å². The van der Waals surface area contributed by atoms with Crippen molar-refractivity contribution in [2.45, 2.75) is 19.9 Å². The zero-order valence-electron chi connectivity index (χ0n) is 10.9. The molecule has 2 rings (SSSR count). The minimum Gasteiger partial charge on any atom is -0.466 e. The van der Waals surface area contributed by atoms with E-state index in [0.717, 1.165) is 0 Å². The molecule has 0 aliphatic heterocycles. The normalized spacial score (nSPS) is 11.8. The van der Waals surface area contributed by atoms with E-state index in [2.05, 4.69) is 9.84 Å². The first kappa shape index (κ1) is 13.1. The summed E-state index contributed by atoms with van der Waals surface area (Å²) in [5.74, 6) is -0.360. The Kier molecular flexibility index (Phi) is 3.79.